The first-order valence-electron chi connectivity index (χ1n) is 6.67. The van der Waals surface area contributed by atoms with Crippen LogP contribution in [0.3, 0.4) is 0 Å². The van der Waals surface area contributed by atoms with Crippen molar-refractivity contribution in [2.24, 2.45) is 0 Å². The molecule has 0 fully saturated rings. The lowest BCUT2D eigenvalue weighted by Gasteiger charge is -2.17. The molecule has 0 aliphatic rings. The molecule has 0 bridgehead atoms. The van der Waals surface area contributed by atoms with Crippen LogP contribution in [0.5, 0.6) is 5.75 Å². The molecule has 1 amide bonds. The average molecular weight is 343 g/mol. The molecule has 7 heteroatoms. The van der Waals surface area contributed by atoms with Gasteiger partial charge in [0.05, 0.1) is 19.8 Å². The zero-order valence-corrected chi connectivity index (χ0v) is 14.8. The molecular weight excluding hydrogens is 322 g/mol. The Morgan fingerprint density at radius 1 is 1.27 bits per heavy atom. The van der Waals surface area contributed by atoms with E-state index in [1.54, 1.807) is 35.7 Å². The van der Waals surface area contributed by atoms with Crippen molar-refractivity contribution in [3.05, 3.63) is 23.8 Å². The minimum Gasteiger partial charge on any atom is -0.496 e. The summed E-state index contributed by atoms with van der Waals surface area (Å²) in [4.78, 5) is 25.2. The van der Waals surface area contributed by atoms with Crippen molar-refractivity contribution in [3.63, 3.8) is 0 Å². The van der Waals surface area contributed by atoms with Crippen LogP contribution in [0.4, 0.5) is 0 Å². The number of ether oxygens (including phenoxy) is 2. The standard InChI is InChI=1S/C15H21NO4S2/c1-19-13-9-10(22-4)5-6-11(13)14(17)16-12(7-8-21-3)15(18)20-2/h5-6,9,12H,7-8H2,1-4H3,(H,16,17)/t12-/m0/s1. The number of rotatable bonds is 8. The normalized spacial score (nSPS) is 11.6. The van der Waals surface area contributed by atoms with Crippen molar-refractivity contribution in [2.45, 2.75) is 17.4 Å². The predicted octanol–water partition coefficient (Wildman–Crippen LogP) is 2.44. The van der Waals surface area contributed by atoms with Crippen molar-refractivity contribution in [1.82, 2.24) is 5.32 Å². The van der Waals surface area contributed by atoms with Crippen molar-refractivity contribution in [1.29, 1.82) is 0 Å². The largest absolute Gasteiger partial charge is 0.496 e. The zero-order valence-electron chi connectivity index (χ0n) is 13.2. The molecule has 22 heavy (non-hydrogen) atoms. The number of hydrogen-bond donors (Lipinski definition) is 1. The van der Waals surface area contributed by atoms with Gasteiger partial charge < -0.3 is 14.8 Å². The third kappa shape index (κ3) is 5.14. The van der Waals surface area contributed by atoms with E-state index in [-0.39, 0.29) is 5.91 Å². The fourth-order valence-electron chi connectivity index (χ4n) is 1.85. The highest BCUT2D eigenvalue weighted by molar-refractivity contribution is 7.98. The van der Waals surface area contributed by atoms with E-state index in [0.717, 1.165) is 10.6 Å². The fourth-order valence-corrected chi connectivity index (χ4v) is 2.75. The molecule has 1 aromatic carbocycles. The summed E-state index contributed by atoms with van der Waals surface area (Å²) < 4.78 is 10.0. The predicted molar refractivity (Wildman–Crippen MR) is 91.0 cm³/mol. The zero-order chi connectivity index (χ0) is 16.5. The summed E-state index contributed by atoms with van der Waals surface area (Å²) in [6.45, 7) is 0. The number of amides is 1. The lowest BCUT2D eigenvalue weighted by molar-refractivity contribution is -0.142. The second-order valence-corrected chi connectivity index (χ2v) is 6.26. The van der Waals surface area contributed by atoms with Crippen LogP contribution < -0.4 is 10.1 Å². The summed E-state index contributed by atoms with van der Waals surface area (Å²) in [5, 5.41) is 2.72. The molecular formula is C15H21NO4S2. The molecule has 0 heterocycles. The second-order valence-electron chi connectivity index (χ2n) is 4.40. The third-order valence-electron chi connectivity index (χ3n) is 3.05. The molecule has 1 N–H and O–H groups in total. The summed E-state index contributed by atoms with van der Waals surface area (Å²) >= 11 is 3.17. The van der Waals surface area contributed by atoms with Crippen LogP contribution in [0.1, 0.15) is 16.8 Å². The van der Waals surface area contributed by atoms with Gasteiger partial charge >= 0.3 is 5.97 Å². The number of carbonyl (C=O) groups is 2. The van der Waals surface area contributed by atoms with E-state index >= 15 is 0 Å². The molecule has 0 spiro atoms. The number of esters is 1. The monoisotopic (exact) mass is 343 g/mol. The Labute approximate surface area is 139 Å². The van der Waals surface area contributed by atoms with Gasteiger partial charge in [0.2, 0.25) is 0 Å². The van der Waals surface area contributed by atoms with Gasteiger partial charge in [-0.15, -0.1) is 11.8 Å². The lowest BCUT2D eigenvalue weighted by atomic mass is 10.1. The summed E-state index contributed by atoms with van der Waals surface area (Å²) in [5.41, 5.74) is 0.401. The molecule has 0 aromatic heterocycles. The molecule has 0 unspecified atom stereocenters. The Morgan fingerprint density at radius 3 is 2.55 bits per heavy atom. The summed E-state index contributed by atoms with van der Waals surface area (Å²) in [5.74, 6) is 0.448. The molecule has 0 aliphatic carbocycles. The molecule has 1 rings (SSSR count). The fraction of sp³-hybridized carbons (Fsp3) is 0.467. The molecule has 0 radical (unpaired) electrons. The van der Waals surface area contributed by atoms with E-state index in [0.29, 0.717) is 17.7 Å². The third-order valence-corrected chi connectivity index (χ3v) is 4.42. The van der Waals surface area contributed by atoms with Gasteiger partial charge in [-0.2, -0.15) is 11.8 Å². The second kappa shape index (κ2) is 9.63. The maximum atomic E-state index is 12.4. The number of hydrogen-bond acceptors (Lipinski definition) is 6. The maximum absolute atomic E-state index is 12.4. The van der Waals surface area contributed by atoms with Gasteiger partial charge in [-0.05, 0) is 42.9 Å². The minimum absolute atomic E-state index is 0.346. The molecule has 0 saturated heterocycles. The summed E-state index contributed by atoms with van der Waals surface area (Å²) in [7, 11) is 2.83. The van der Waals surface area contributed by atoms with Gasteiger partial charge in [0, 0.05) is 4.90 Å². The Hall–Kier alpha value is -1.34. The molecule has 122 valence electrons. The van der Waals surface area contributed by atoms with Crippen molar-refractivity contribution >= 4 is 35.4 Å². The van der Waals surface area contributed by atoms with E-state index in [9.17, 15) is 9.59 Å². The van der Waals surface area contributed by atoms with E-state index in [2.05, 4.69) is 5.32 Å². The van der Waals surface area contributed by atoms with E-state index < -0.39 is 12.0 Å². The van der Waals surface area contributed by atoms with E-state index in [4.69, 9.17) is 9.47 Å². The Kier molecular flexibility index (Phi) is 8.19. The lowest BCUT2D eigenvalue weighted by Crippen LogP contribution is -2.42. The minimum atomic E-state index is -0.658. The van der Waals surface area contributed by atoms with Crippen molar-refractivity contribution < 1.29 is 19.1 Å². The van der Waals surface area contributed by atoms with Crippen LogP contribution in [-0.4, -0.2) is 50.4 Å². The Morgan fingerprint density at radius 2 is 2.00 bits per heavy atom. The smallest absolute Gasteiger partial charge is 0.328 e. The number of thioether (sulfide) groups is 2. The van der Waals surface area contributed by atoms with Crippen LogP contribution in [0.15, 0.2) is 23.1 Å². The van der Waals surface area contributed by atoms with Crippen LogP contribution in [0, 0.1) is 0 Å². The number of carbonyl (C=O) groups excluding carboxylic acids is 2. The van der Waals surface area contributed by atoms with E-state index in [1.807, 2.05) is 18.6 Å². The number of nitrogens with one attached hydrogen (secondary N) is 1. The van der Waals surface area contributed by atoms with Gasteiger partial charge in [-0.3, -0.25) is 4.79 Å². The van der Waals surface area contributed by atoms with Gasteiger partial charge in [0.15, 0.2) is 0 Å². The summed E-state index contributed by atoms with van der Waals surface area (Å²) in [6.07, 6.45) is 4.41. The molecule has 1 aromatic rings. The molecule has 0 aliphatic heterocycles. The topological polar surface area (TPSA) is 64.6 Å². The van der Waals surface area contributed by atoms with Gasteiger partial charge in [0.1, 0.15) is 11.8 Å². The highest BCUT2D eigenvalue weighted by Gasteiger charge is 2.23. The van der Waals surface area contributed by atoms with Gasteiger partial charge in [-0.1, -0.05) is 0 Å². The van der Waals surface area contributed by atoms with Gasteiger partial charge in [0.25, 0.3) is 5.91 Å². The first-order valence-corrected chi connectivity index (χ1v) is 9.28. The Balaban J connectivity index is 2.91. The van der Waals surface area contributed by atoms with Crippen LogP contribution in [0.25, 0.3) is 0 Å². The average Bonchev–Trinajstić information content (AvgIpc) is 2.56. The van der Waals surface area contributed by atoms with Crippen LogP contribution in [-0.2, 0) is 9.53 Å². The number of methoxy groups -OCH3 is 2. The van der Waals surface area contributed by atoms with Crippen molar-refractivity contribution in [2.75, 3.05) is 32.5 Å². The first-order chi connectivity index (χ1) is 10.6. The van der Waals surface area contributed by atoms with Crippen molar-refractivity contribution in [3.8, 4) is 5.75 Å². The molecule has 1 atom stereocenters. The number of benzene rings is 1. The molecule has 0 saturated carbocycles. The quantitative estimate of drug-likeness (QED) is 0.578. The highest BCUT2D eigenvalue weighted by Crippen LogP contribution is 2.25. The van der Waals surface area contributed by atoms with E-state index in [1.165, 1.54) is 14.2 Å². The van der Waals surface area contributed by atoms with Crippen LogP contribution >= 0.6 is 23.5 Å². The van der Waals surface area contributed by atoms with Crippen LogP contribution in [0.2, 0.25) is 0 Å². The van der Waals surface area contributed by atoms with Gasteiger partial charge in [-0.25, -0.2) is 4.79 Å². The SMILES string of the molecule is COC(=O)[C@H](CCSC)NC(=O)c1ccc(SC)cc1OC. The summed E-state index contributed by atoms with van der Waals surface area (Å²) in [6, 6.07) is 4.68. The molecule has 5 nitrogen and oxygen atoms in total. The maximum Gasteiger partial charge on any atom is 0.328 e. The Bertz CT molecular complexity index is 522. The first kappa shape index (κ1) is 18.7. The highest BCUT2D eigenvalue weighted by atomic mass is 32.2.